The van der Waals surface area contributed by atoms with E-state index in [1.807, 2.05) is 6.07 Å². The average Bonchev–Trinajstić information content (AvgIpc) is 3.20. The molecule has 0 atom stereocenters. The Hall–Kier alpha value is -4.69. The van der Waals surface area contributed by atoms with Crippen molar-refractivity contribution in [2.75, 3.05) is 5.32 Å². The molecular weight excluding hydrogens is 384 g/mol. The van der Waals surface area contributed by atoms with E-state index in [1.165, 1.54) is 24.3 Å². The van der Waals surface area contributed by atoms with E-state index in [0.717, 1.165) is 5.56 Å². The van der Waals surface area contributed by atoms with E-state index in [-0.39, 0.29) is 39.6 Å². The van der Waals surface area contributed by atoms with Crippen LogP contribution in [-0.4, -0.2) is 10.8 Å². The first-order valence-electron chi connectivity index (χ1n) is 8.70. The fourth-order valence-corrected chi connectivity index (χ4v) is 2.75. The minimum atomic E-state index is -0.709. The zero-order valence-corrected chi connectivity index (χ0v) is 15.7. The van der Waals surface area contributed by atoms with Gasteiger partial charge in [0.2, 0.25) is 0 Å². The van der Waals surface area contributed by atoms with Crippen molar-refractivity contribution in [1.82, 2.24) is 0 Å². The van der Waals surface area contributed by atoms with E-state index in [1.54, 1.807) is 49.4 Å². The Morgan fingerprint density at radius 1 is 1.17 bits per heavy atom. The highest BCUT2D eigenvalue weighted by atomic mass is 16.6. The average molecular weight is 398 g/mol. The molecule has 3 aromatic rings. The van der Waals surface area contributed by atoms with E-state index in [2.05, 4.69) is 5.32 Å². The number of hydrogen-bond donors (Lipinski definition) is 1. The van der Waals surface area contributed by atoms with Crippen molar-refractivity contribution in [2.45, 2.75) is 6.92 Å². The molecule has 3 rings (SSSR count). The van der Waals surface area contributed by atoms with Crippen LogP contribution in [0.15, 0.2) is 64.6 Å². The number of anilines is 1. The largest absolute Gasteiger partial charge is 0.456 e. The molecule has 0 radical (unpaired) electrons. The molecule has 0 fully saturated rings. The maximum atomic E-state index is 12.4. The van der Waals surface area contributed by atoms with Crippen molar-refractivity contribution in [3.63, 3.8) is 0 Å². The van der Waals surface area contributed by atoms with Gasteiger partial charge >= 0.3 is 0 Å². The molecule has 1 heterocycles. The summed E-state index contributed by atoms with van der Waals surface area (Å²) in [4.78, 5) is 23.3. The van der Waals surface area contributed by atoms with Crippen LogP contribution in [0.3, 0.4) is 0 Å². The Morgan fingerprint density at radius 2 is 1.93 bits per heavy atom. The SMILES string of the molecule is Cc1ccc(-c2ccc(/C=C(\C#N)C(=O)Nc3ccccc3C#N)o2)c([N+](=O)[O-])c1. The number of aryl methyl sites for hydroxylation is 1. The maximum absolute atomic E-state index is 12.4. The first-order valence-corrected chi connectivity index (χ1v) is 8.70. The number of carbonyl (C=O) groups is 1. The third-order valence-electron chi connectivity index (χ3n) is 4.19. The zero-order valence-electron chi connectivity index (χ0n) is 15.7. The predicted octanol–water partition coefficient (Wildman–Crippen LogP) is 4.58. The molecule has 0 spiro atoms. The van der Waals surface area contributed by atoms with Crippen molar-refractivity contribution in [3.8, 4) is 23.5 Å². The Bertz CT molecular complexity index is 1260. The van der Waals surface area contributed by atoms with Gasteiger partial charge in [-0.1, -0.05) is 18.2 Å². The van der Waals surface area contributed by atoms with Crippen LogP contribution in [0.2, 0.25) is 0 Å². The molecule has 0 aliphatic carbocycles. The van der Waals surface area contributed by atoms with Gasteiger partial charge in [-0.3, -0.25) is 14.9 Å². The number of nitriles is 2. The van der Waals surface area contributed by atoms with Gasteiger partial charge in [-0.05, 0) is 42.8 Å². The van der Waals surface area contributed by atoms with Gasteiger partial charge in [0.05, 0.1) is 21.7 Å². The number of para-hydroxylation sites is 1. The number of furan rings is 1. The summed E-state index contributed by atoms with van der Waals surface area (Å²) in [5.41, 5.74) is 1.21. The molecule has 1 amide bonds. The molecule has 0 aliphatic rings. The predicted molar refractivity (Wildman–Crippen MR) is 109 cm³/mol. The van der Waals surface area contributed by atoms with Gasteiger partial charge in [0.25, 0.3) is 11.6 Å². The molecule has 0 saturated carbocycles. The van der Waals surface area contributed by atoms with Crippen LogP contribution in [0.1, 0.15) is 16.9 Å². The highest BCUT2D eigenvalue weighted by molar-refractivity contribution is 6.10. The number of nitrogens with zero attached hydrogens (tertiary/aromatic N) is 3. The van der Waals surface area contributed by atoms with Crippen LogP contribution in [0.5, 0.6) is 0 Å². The second kappa shape index (κ2) is 8.55. The van der Waals surface area contributed by atoms with Crippen LogP contribution < -0.4 is 5.32 Å². The lowest BCUT2D eigenvalue weighted by Gasteiger charge is -2.05. The fraction of sp³-hybridized carbons (Fsp3) is 0.0455. The third kappa shape index (κ3) is 4.24. The maximum Gasteiger partial charge on any atom is 0.280 e. The summed E-state index contributed by atoms with van der Waals surface area (Å²) in [5, 5.41) is 32.3. The van der Waals surface area contributed by atoms with Crippen LogP contribution in [-0.2, 0) is 4.79 Å². The van der Waals surface area contributed by atoms with Gasteiger partial charge < -0.3 is 9.73 Å². The lowest BCUT2D eigenvalue weighted by molar-refractivity contribution is -0.384. The lowest BCUT2D eigenvalue weighted by Crippen LogP contribution is -2.14. The second-order valence-electron chi connectivity index (χ2n) is 6.26. The molecule has 146 valence electrons. The van der Waals surface area contributed by atoms with Gasteiger partial charge in [0.15, 0.2) is 0 Å². The summed E-state index contributed by atoms with van der Waals surface area (Å²) in [6, 6.07) is 17.9. The smallest absolute Gasteiger partial charge is 0.280 e. The summed E-state index contributed by atoms with van der Waals surface area (Å²) in [6.45, 7) is 1.75. The fourth-order valence-electron chi connectivity index (χ4n) is 2.75. The topological polar surface area (TPSA) is 133 Å². The van der Waals surface area contributed by atoms with Crippen LogP contribution in [0.25, 0.3) is 17.4 Å². The minimum absolute atomic E-state index is 0.105. The van der Waals surface area contributed by atoms with Gasteiger partial charge in [-0.25, -0.2) is 0 Å². The summed E-state index contributed by atoms with van der Waals surface area (Å²) >= 11 is 0. The standard InChI is InChI=1S/C22H14N4O4/c1-14-6-8-18(20(10-14)26(28)29)21-9-7-17(30-21)11-16(13-24)22(27)25-19-5-3-2-4-15(19)12-23/h2-11H,1H3,(H,25,27)/b16-11+. The number of nitro benzene ring substituents is 1. The molecule has 2 aromatic carbocycles. The highest BCUT2D eigenvalue weighted by Crippen LogP contribution is 2.32. The van der Waals surface area contributed by atoms with Gasteiger partial charge in [0, 0.05) is 12.1 Å². The molecule has 0 aliphatic heterocycles. The van der Waals surface area contributed by atoms with E-state index in [4.69, 9.17) is 9.68 Å². The molecule has 1 aromatic heterocycles. The van der Waals surface area contributed by atoms with Crippen molar-refractivity contribution in [1.29, 1.82) is 10.5 Å². The lowest BCUT2D eigenvalue weighted by atomic mass is 10.1. The first-order chi connectivity index (χ1) is 14.4. The Balaban J connectivity index is 1.89. The van der Waals surface area contributed by atoms with Crippen molar-refractivity contribution in [2.24, 2.45) is 0 Å². The van der Waals surface area contributed by atoms with E-state index in [0.29, 0.717) is 0 Å². The number of carbonyl (C=O) groups excluding carboxylic acids is 1. The van der Waals surface area contributed by atoms with E-state index in [9.17, 15) is 20.2 Å². The molecule has 0 bridgehead atoms. The van der Waals surface area contributed by atoms with Crippen molar-refractivity contribution in [3.05, 3.63) is 87.2 Å². The van der Waals surface area contributed by atoms with E-state index < -0.39 is 10.8 Å². The van der Waals surface area contributed by atoms with Crippen LogP contribution in [0.4, 0.5) is 11.4 Å². The Kier molecular flexibility index (Phi) is 5.71. The van der Waals surface area contributed by atoms with Crippen molar-refractivity contribution >= 4 is 23.4 Å². The number of rotatable bonds is 5. The molecule has 8 heteroatoms. The molecule has 1 N–H and O–H groups in total. The molecule has 0 unspecified atom stereocenters. The monoisotopic (exact) mass is 398 g/mol. The number of benzene rings is 2. The Labute approximate surface area is 171 Å². The van der Waals surface area contributed by atoms with E-state index >= 15 is 0 Å². The van der Waals surface area contributed by atoms with Crippen LogP contribution in [0, 0.1) is 39.7 Å². The van der Waals surface area contributed by atoms with Gasteiger partial charge in [-0.2, -0.15) is 10.5 Å². The number of amides is 1. The third-order valence-corrected chi connectivity index (χ3v) is 4.19. The number of nitro groups is 1. The molecular formula is C22H14N4O4. The molecule has 30 heavy (non-hydrogen) atoms. The second-order valence-corrected chi connectivity index (χ2v) is 6.26. The van der Waals surface area contributed by atoms with Gasteiger partial charge in [-0.15, -0.1) is 0 Å². The normalized spacial score (nSPS) is 10.7. The summed E-state index contributed by atoms with van der Waals surface area (Å²) in [7, 11) is 0. The number of hydrogen-bond acceptors (Lipinski definition) is 6. The van der Waals surface area contributed by atoms with Crippen LogP contribution >= 0.6 is 0 Å². The minimum Gasteiger partial charge on any atom is -0.456 e. The molecule has 8 nitrogen and oxygen atoms in total. The summed E-state index contributed by atoms with van der Waals surface area (Å²) in [6.07, 6.45) is 1.23. The highest BCUT2D eigenvalue weighted by Gasteiger charge is 2.19. The number of nitrogens with one attached hydrogen (secondary N) is 1. The van der Waals surface area contributed by atoms with Crippen molar-refractivity contribution < 1.29 is 14.1 Å². The Morgan fingerprint density at radius 3 is 2.63 bits per heavy atom. The first kappa shape index (κ1) is 20.1. The quantitative estimate of drug-likeness (QED) is 0.289. The summed E-state index contributed by atoms with van der Waals surface area (Å²) in [5.74, 6) is -0.292. The zero-order chi connectivity index (χ0) is 21.7. The van der Waals surface area contributed by atoms with Gasteiger partial charge in [0.1, 0.15) is 29.2 Å². The summed E-state index contributed by atoms with van der Waals surface area (Å²) < 4.78 is 5.61. The molecule has 0 saturated heterocycles.